The van der Waals surface area contributed by atoms with Gasteiger partial charge < -0.3 is 9.72 Å². The van der Waals surface area contributed by atoms with Crippen molar-refractivity contribution in [3.8, 4) is 0 Å². The molecule has 1 aromatic heterocycles. The Labute approximate surface area is 110 Å². The van der Waals surface area contributed by atoms with E-state index in [0.29, 0.717) is 16.9 Å². The van der Waals surface area contributed by atoms with Gasteiger partial charge in [0, 0.05) is 12.0 Å². The van der Waals surface area contributed by atoms with Crippen LogP contribution in [0.1, 0.15) is 52.2 Å². The van der Waals surface area contributed by atoms with Gasteiger partial charge in [-0.3, -0.25) is 4.79 Å². The first kappa shape index (κ1) is 14.4. The summed E-state index contributed by atoms with van der Waals surface area (Å²) in [7, 11) is 0. The van der Waals surface area contributed by atoms with Crippen LogP contribution in [-0.2, 0) is 10.2 Å². The number of rotatable bonds is 3. The van der Waals surface area contributed by atoms with E-state index in [1.807, 2.05) is 34.6 Å². The Kier molecular flexibility index (Phi) is 4.49. The zero-order chi connectivity index (χ0) is 13.2. The fourth-order valence-corrected chi connectivity index (χ4v) is 2.28. The lowest BCUT2D eigenvalue weighted by Crippen LogP contribution is -2.24. The smallest absolute Gasteiger partial charge is 0.265 e. The Morgan fingerprint density at radius 2 is 2.06 bits per heavy atom. The van der Waals surface area contributed by atoms with E-state index >= 15 is 0 Å². The Bertz CT molecular complexity index is 449. The van der Waals surface area contributed by atoms with Gasteiger partial charge in [-0.15, -0.1) is 0 Å². The number of hydrogen-bond donors (Lipinski definition) is 1. The van der Waals surface area contributed by atoms with Crippen molar-refractivity contribution in [2.45, 2.75) is 46.1 Å². The quantitative estimate of drug-likeness (QED) is 0.934. The first-order valence-corrected chi connectivity index (χ1v) is 6.48. The molecule has 1 heterocycles. The van der Waals surface area contributed by atoms with Crippen molar-refractivity contribution in [2.24, 2.45) is 0 Å². The normalized spacial score (nSPS) is 13.8. The second kappa shape index (κ2) is 5.31. The number of nitrogens with one attached hydrogen (secondary N) is 1. The number of halogens is 1. The summed E-state index contributed by atoms with van der Waals surface area (Å²) in [4.78, 5) is 19.0. The maximum atomic E-state index is 11.8. The summed E-state index contributed by atoms with van der Waals surface area (Å²) in [5.74, 6) is 0.574. The average molecular weight is 303 g/mol. The molecule has 0 spiro atoms. The molecule has 4 nitrogen and oxygen atoms in total. The van der Waals surface area contributed by atoms with Crippen molar-refractivity contribution in [1.29, 1.82) is 0 Å². The minimum Gasteiger partial charge on any atom is -0.371 e. The van der Waals surface area contributed by atoms with Gasteiger partial charge >= 0.3 is 0 Å². The van der Waals surface area contributed by atoms with Crippen molar-refractivity contribution >= 4 is 15.9 Å². The Morgan fingerprint density at radius 3 is 2.53 bits per heavy atom. The van der Waals surface area contributed by atoms with E-state index in [1.54, 1.807) is 0 Å². The van der Waals surface area contributed by atoms with E-state index < -0.39 is 0 Å². The van der Waals surface area contributed by atoms with E-state index in [-0.39, 0.29) is 17.1 Å². The summed E-state index contributed by atoms with van der Waals surface area (Å²) in [5.41, 5.74) is 0.405. The summed E-state index contributed by atoms with van der Waals surface area (Å²) >= 11 is 3.29. The van der Waals surface area contributed by atoms with Gasteiger partial charge in [-0.2, -0.15) is 0 Å². The number of aromatic amines is 1. The lowest BCUT2D eigenvalue weighted by atomic mass is 9.92. The topological polar surface area (TPSA) is 55.0 Å². The van der Waals surface area contributed by atoms with Crippen molar-refractivity contribution < 1.29 is 4.74 Å². The second-order valence-corrected chi connectivity index (χ2v) is 5.75. The van der Waals surface area contributed by atoms with Crippen LogP contribution >= 0.6 is 15.9 Å². The largest absolute Gasteiger partial charge is 0.371 e. The monoisotopic (exact) mass is 302 g/mol. The highest BCUT2D eigenvalue weighted by atomic mass is 79.9. The highest BCUT2D eigenvalue weighted by molar-refractivity contribution is 9.10. The van der Waals surface area contributed by atoms with E-state index in [9.17, 15) is 4.79 Å². The molecule has 0 aliphatic rings. The highest BCUT2D eigenvalue weighted by Crippen LogP contribution is 2.26. The molecule has 0 aromatic carbocycles. The lowest BCUT2D eigenvalue weighted by Gasteiger charge is -2.21. The maximum absolute atomic E-state index is 11.8. The number of nitrogens with zero attached hydrogens (tertiary/aromatic N) is 1. The Hall–Kier alpha value is -0.680. The maximum Gasteiger partial charge on any atom is 0.265 e. The fraction of sp³-hybridized carbons (Fsp3) is 0.667. The van der Waals surface area contributed by atoms with Crippen LogP contribution in [0.3, 0.4) is 0 Å². The molecule has 96 valence electrons. The number of ether oxygens (including phenoxy) is 1. The molecule has 1 aromatic rings. The molecule has 0 fully saturated rings. The standard InChI is InChI=1S/C12H19BrN2O2/c1-6-17-7(2)10-14-9(12(3,4)5)8(13)11(16)15-10/h7H,6H2,1-5H3,(H,14,15,16). The molecule has 0 aliphatic heterocycles. The number of aromatic nitrogens is 2. The molecule has 0 saturated heterocycles. The molecule has 1 atom stereocenters. The van der Waals surface area contributed by atoms with Crippen LogP contribution in [0.2, 0.25) is 0 Å². The molecule has 0 bridgehead atoms. The van der Waals surface area contributed by atoms with Gasteiger partial charge in [0.05, 0.1) is 5.69 Å². The van der Waals surface area contributed by atoms with Gasteiger partial charge in [0.15, 0.2) is 0 Å². The Morgan fingerprint density at radius 1 is 1.47 bits per heavy atom. The molecule has 0 amide bonds. The van der Waals surface area contributed by atoms with Crippen LogP contribution in [0.4, 0.5) is 0 Å². The van der Waals surface area contributed by atoms with Crippen LogP contribution < -0.4 is 5.56 Å². The minimum atomic E-state index is -0.207. The second-order valence-electron chi connectivity index (χ2n) is 4.96. The predicted molar refractivity (Wildman–Crippen MR) is 71.3 cm³/mol. The van der Waals surface area contributed by atoms with Gasteiger partial charge in [0.2, 0.25) is 0 Å². The van der Waals surface area contributed by atoms with Crippen molar-refractivity contribution in [3.63, 3.8) is 0 Å². The molecule has 17 heavy (non-hydrogen) atoms. The molecule has 0 radical (unpaired) electrons. The molecular weight excluding hydrogens is 284 g/mol. The first-order valence-electron chi connectivity index (χ1n) is 5.69. The molecule has 1 unspecified atom stereocenters. The number of H-pyrrole nitrogens is 1. The van der Waals surface area contributed by atoms with E-state index in [0.717, 1.165) is 5.69 Å². The lowest BCUT2D eigenvalue weighted by molar-refractivity contribution is 0.0695. The van der Waals surface area contributed by atoms with E-state index in [1.165, 1.54) is 0 Å². The third-order valence-electron chi connectivity index (χ3n) is 2.39. The SMILES string of the molecule is CCOC(C)c1nc(C(C)(C)C)c(Br)c(=O)[nH]1. The van der Waals surface area contributed by atoms with Gasteiger partial charge in [0.1, 0.15) is 16.4 Å². The van der Waals surface area contributed by atoms with Gasteiger partial charge in [0.25, 0.3) is 5.56 Å². The molecular formula is C12H19BrN2O2. The summed E-state index contributed by atoms with van der Waals surface area (Å²) in [5, 5.41) is 0. The Balaban J connectivity index is 3.29. The molecule has 1 N–H and O–H groups in total. The number of hydrogen-bond acceptors (Lipinski definition) is 3. The van der Waals surface area contributed by atoms with Crippen molar-refractivity contribution in [1.82, 2.24) is 9.97 Å². The summed E-state index contributed by atoms with van der Waals surface area (Å²) in [6, 6.07) is 0. The van der Waals surface area contributed by atoms with Crippen LogP contribution in [0.25, 0.3) is 0 Å². The molecule has 0 saturated carbocycles. The van der Waals surface area contributed by atoms with Crippen molar-refractivity contribution in [2.75, 3.05) is 6.61 Å². The third kappa shape index (κ3) is 3.39. The molecule has 1 rings (SSSR count). The predicted octanol–water partition coefficient (Wildman–Crippen LogP) is 2.93. The zero-order valence-corrected chi connectivity index (χ0v) is 12.5. The first-order chi connectivity index (χ1) is 7.77. The highest BCUT2D eigenvalue weighted by Gasteiger charge is 2.23. The van der Waals surface area contributed by atoms with Crippen LogP contribution in [-0.4, -0.2) is 16.6 Å². The average Bonchev–Trinajstić information content (AvgIpc) is 2.20. The van der Waals surface area contributed by atoms with Gasteiger partial charge in [-0.05, 0) is 29.8 Å². The fourth-order valence-electron chi connectivity index (χ4n) is 1.49. The van der Waals surface area contributed by atoms with Crippen molar-refractivity contribution in [3.05, 3.63) is 26.3 Å². The molecule has 5 heteroatoms. The molecule has 0 aliphatic carbocycles. The van der Waals surface area contributed by atoms with Crippen LogP contribution in [0.5, 0.6) is 0 Å². The third-order valence-corrected chi connectivity index (χ3v) is 3.13. The van der Waals surface area contributed by atoms with Crippen LogP contribution in [0.15, 0.2) is 9.27 Å². The van der Waals surface area contributed by atoms with E-state index in [2.05, 4.69) is 25.9 Å². The summed E-state index contributed by atoms with van der Waals surface area (Å²) < 4.78 is 5.94. The van der Waals surface area contributed by atoms with Gasteiger partial charge in [-0.1, -0.05) is 20.8 Å². The summed E-state index contributed by atoms with van der Waals surface area (Å²) in [6.45, 7) is 10.4. The summed E-state index contributed by atoms with van der Waals surface area (Å²) in [6.07, 6.45) is -0.207. The van der Waals surface area contributed by atoms with Crippen LogP contribution in [0, 0.1) is 0 Å². The van der Waals surface area contributed by atoms with E-state index in [4.69, 9.17) is 4.74 Å². The minimum absolute atomic E-state index is 0.161. The zero-order valence-electron chi connectivity index (χ0n) is 10.9. The van der Waals surface area contributed by atoms with Gasteiger partial charge in [-0.25, -0.2) is 4.98 Å².